The van der Waals surface area contributed by atoms with Crippen LogP contribution in [0.3, 0.4) is 0 Å². The van der Waals surface area contributed by atoms with Crippen LogP contribution in [0.5, 0.6) is 0 Å². The first-order chi connectivity index (χ1) is 9.92. The van der Waals surface area contributed by atoms with Crippen LogP contribution in [-0.4, -0.2) is 30.4 Å². The lowest BCUT2D eigenvalue weighted by Gasteiger charge is -2.10. The number of benzene rings is 1. The number of nitrogens with one attached hydrogen (secondary N) is 2. The SMILES string of the molecule is CCOC(=O)CC(=O)Nc1cccc(C(=O)NC(C)C)c1. The Labute approximate surface area is 123 Å². The van der Waals surface area contributed by atoms with E-state index in [1.54, 1.807) is 31.2 Å². The van der Waals surface area contributed by atoms with Gasteiger partial charge in [0.05, 0.1) is 6.61 Å². The van der Waals surface area contributed by atoms with Gasteiger partial charge in [-0.05, 0) is 39.0 Å². The molecular formula is C15H20N2O4. The highest BCUT2D eigenvalue weighted by atomic mass is 16.5. The summed E-state index contributed by atoms with van der Waals surface area (Å²) < 4.78 is 4.69. The number of hydrogen-bond donors (Lipinski definition) is 2. The Hall–Kier alpha value is -2.37. The summed E-state index contributed by atoms with van der Waals surface area (Å²) in [6, 6.07) is 6.55. The van der Waals surface area contributed by atoms with Gasteiger partial charge < -0.3 is 15.4 Å². The highest BCUT2D eigenvalue weighted by Crippen LogP contribution is 2.11. The summed E-state index contributed by atoms with van der Waals surface area (Å²) in [6.07, 6.45) is -0.351. The summed E-state index contributed by atoms with van der Waals surface area (Å²) >= 11 is 0. The number of rotatable bonds is 6. The second-order valence-electron chi connectivity index (χ2n) is 4.74. The zero-order valence-corrected chi connectivity index (χ0v) is 12.4. The quantitative estimate of drug-likeness (QED) is 0.617. The van der Waals surface area contributed by atoms with Gasteiger partial charge in [-0.2, -0.15) is 0 Å². The minimum absolute atomic E-state index is 0.0274. The van der Waals surface area contributed by atoms with Gasteiger partial charge in [-0.3, -0.25) is 14.4 Å². The van der Waals surface area contributed by atoms with Crippen LogP contribution in [0, 0.1) is 0 Å². The van der Waals surface area contributed by atoms with Gasteiger partial charge in [0, 0.05) is 17.3 Å². The van der Waals surface area contributed by atoms with Crippen molar-refractivity contribution in [1.82, 2.24) is 5.32 Å². The maximum Gasteiger partial charge on any atom is 0.315 e. The Bertz CT molecular complexity index is 526. The minimum Gasteiger partial charge on any atom is -0.466 e. The summed E-state index contributed by atoms with van der Waals surface area (Å²) in [5.41, 5.74) is 0.901. The molecule has 0 spiro atoms. The van der Waals surface area contributed by atoms with Crippen LogP contribution in [0.2, 0.25) is 0 Å². The van der Waals surface area contributed by atoms with Gasteiger partial charge in [0.2, 0.25) is 5.91 Å². The second-order valence-corrected chi connectivity index (χ2v) is 4.74. The number of amides is 2. The molecule has 0 bridgehead atoms. The van der Waals surface area contributed by atoms with E-state index in [9.17, 15) is 14.4 Å². The fraction of sp³-hybridized carbons (Fsp3) is 0.400. The van der Waals surface area contributed by atoms with Gasteiger partial charge in [-0.25, -0.2) is 0 Å². The normalized spacial score (nSPS) is 10.1. The fourth-order valence-corrected chi connectivity index (χ4v) is 1.63. The largest absolute Gasteiger partial charge is 0.466 e. The van der Waals surface area contributed by atoms with Gasteiger partial charge >= 0.3 is 5.97 Å². The molecule has 2 N–H and O–H groups in total. The third kappa shape index (κ3) is 6.07. The molecule has 0 aliphatic carbocycles. The molecule has 6 heteroatoms. The van der Waals surface area contributed by atoms with Gasteiger partial charge in [-0.1, -0.05) is 6.07 Å². The van der Waals surface area contributed by atoms with Crippen molar-refractivity contribution >= 4 is 23.5 Å². The molecule has 0 heterocycles. The Morgan fingerprint density at radius 2 is 1.95 bits per heavy atom. The lowest BCUT2D eigenvalue weighted by molar-refractivity contribution is -0.145. The Morgan fingerprint density at radius 1 is 1.24 bits per heavy atom. The highest BCUT2D eigenvalue weighted by Gasteiger charge is 2.12. The Kier molecular flexibility index (Phi) is 6.39. The molecule has 2 amide bonds. The first-order valence-corrected chi connectivity index (χ1v) is 6.78. The Balaban J connectivity index is 2.66. The summed E-state index contributed by atoms with van der Waals surface area (Å²) in [5, 5.41) is 5.32. The Morgan fingerprint density at radius 3 is 2.57 bits per heavy atom. The third-order valence-corrected chi connectivity index (χ3v) is 2.44. The third-order valence-electron chi connectivity index (χ3n) is 2.44. The standard InChI is InChI=1S/C15H20N2O4/c1-4-21-14(19)9-13(18)17-12-7-5-6-11(8-12)15(20)16-10(2)3/h5-8,10H,4,9H2,1-3H3,(H,16,20)(H,17,18). The predicted octanol–water partition coefficient (Wildman–Crippen LogP) is 1.72. The van der Waals surface area contributed by atoms with E-state index in [0.29, 0.717) is 11.3 Å². The second kappa shape index (κ2) is 8.04. The van der Waals surface area contributed by atoms with Gasteiger partial charge in [0.15, 0.2) is 0 Å². The molecule has 1 aromatic carbocycles. The van der Waals surface area contributed by atoms with Crippen molar-refractivity contribution in [3.8, 4) is 0 Å². The lowest BCUT2D eigenvalue weighted by Crippen LogP contribution is -2.30. The molecule has 0 atom stereocenters. The molecule has 0 fully saturated rings. The average molecular weight is 292 g/mol. The van der Waals surface area contributed by atoms with Crippen LogP contribution >= 0.6 is 0 Å². The molecule has 0 saturated carbocycles. The number of esters is 1. The number of carbonyl (C=O) groups is 3. The topological polar surface area (TPSA) is 84.5 Å². The van der Waals surface area contributed by atoms with Gasteiger partial charge in [0.25, 0.3) is 5.91 Å². The fourth-order valence-electron chi connectivity index (χ4n) is 1.63. The van der Waals surface area contributed by atoms with Gasteiger partial charge in [-0.15, -0.1) is 0 Å². The first kappa shape index (κ1) is 16.7. The molecule has 1 aromatic rings. The zero-order valence-electron chi connectivity index (χ0n) is 12.4. The van der Waals surface area contributed by atoms with E-state index in [2.05, 4.69) is 10.6 Å². The number of anilines is 1. The smallest absolute Gasteiger partial charge is 0.315 e. The van der Waals surface area contributed by atoms with E-state index in [1.807, 2.05) is 13.8 Å². The summed E-state index contributed by atoms with van der Waals surface area (Å²) in [5.74, 6) is -1.27. The van der Waals surface area contributed by atoms with Crippen LogP contribution in [0.15, 0.2) is 24.3 Å². The van der Waals surface area contributed by atoms with E-state index >= 15 is 0 Å². The van der Waals surface area contributed by atoms with Crippen LogP contribution in [-0.2, 0) is 14.3 Å². The molecule has 114 valence electrons. The van der Waals surface area contributed by atoms with Crippen molar-refractivity contribution in [1.29, 1.82) is 0 Å². The predicted molar refractivity (Wildman–Crippen MR) is 78.9 cm³/mol. The molecule has 0 radical (unpaired) electrons. The van der Waals surface area contributed by atoms with E-state index in [-0.39, 0.29) is 25.0 Å². The maximum absolute atomic E-state index is 11.9. The van der Waals surface area contributed by atoms with Crippen LogP contribution in [0.25, 0.3) is 0 Å². The summed E-state index contributed by atoms with van der Waals surface area (Å²) in [6.45, 7) is 5.63. The zero-order chi connectivity index (χ0) is 15.8. The monoisotopic (exact) mass is 292 g/mol. The summed E-state index contributed by atoms with van der Waals surface area (Å²) in [7, 11) is 0. The van der Waals surface area contributed by atoms with Crippen LogP contribution in [0.4, 0.5) is 5.69 Å². The number of hydrogen-bond acceptors (Lipinski definition) is 4. The highest BCUT2D eigenvalue weighted by molar-refractivity contribution is 6.02. The molecule has 0 saturated heterocycles. The molecule has 1 rings (SSSR count). The molecule has 6 nitrogen and oxygen atoms in total. The van der Waals surface area contributed by atoms with E-state index in [1.165, 1.54) is 0 Å². The van der Waals surface area contributed by atoms with E-state index < -0.39 is 11.9 Å². The molecule has 0 aromatic heterocycles. The minimum atomic E-state index is -0.580. The van der Waals surface area contributed by atoms with Gasteiger partial charge in [0.1, 0.15) is 6.42 Å². The number of carbonyl (C=O) groups excluding carboxylic acids is 3. The van der Waals surface area contributed by atoms with Crippen molar-refractivity contribution in [2.75, 3.05) is 11.9 Å². The van der Waals surface area contributed by atoms with Crippen molar-refractivity contribution in [2.24, 2.45) is 0 Å². The summed E-state index contributed by atoms with van der Waals surface area (Å²) in [4.78, 5) is 34.7. The van der Waals surface area contributed by atoms with Crippen molar-refractivity contribution in [2.45, 2.75) is 33.2 Å². The molecule has 0 aliphatic heterocycles. The molecule has 21 heavy (non-hydrogen) atoms. The molecule has 0 unspecified atom stereocenters. The maximum atomic E-state index is 11.9. The van der Waals surface area contributed by atoms with Crippen molar-refractivity contribution < 1.29 is 19.1 Å². The number of ether oxygens (including phenoxy) is 1. The van der Waals surface area contributed by atoms with Crippen molar-refractivity contribution in [3.05, 3.63) is 29.8 Å². The van der Waals surface area contributed by atoms with E-state index in [0.717, 1.165) is 0 Å². The van der Waals surface area contributed by atoms with Crippen LogP contribution < -0.4 is 10.6 Å². The van der Waals surface area contributed by atoms with Crippen molar-refractivity contribution in [3.63, 3.8) is 0 Å². The van der Waals surface area contributed by atoms with E-state index in [4.69, 9.17) is 4.74 Å². The average Bonchev–Trinajstić information content (AvgIpc) is 2.38. The lowest BCUT2D eigenvalue weighted by atomic mass is 10.1. The molecular weight excluding hydrogens is 272 g/mol. The van der Waals surface area contributed by atoms with Crippen LogP contribution in [0.1, 0.15) is 37.6 Å². The molecule has 0 aliphatic rings. The first-order valence-electron chi connectivity index (χ1n) is 6.78.